The molecule has 2 aromatic carbocycles. The summed E-state index contributed by atoms with van der Waals surface area (Å²) in [5.74, 6) is 1.35. The quantitative estimate of drug-likeness (QED) is 0.777. The molecular formula is C19H24N2O5S. The predicted molar refractivity (Wildman–Crippen MR) is 102 cm³/mol. The van der Waals surface area contributed by atoms with Crippen molar-refractivity contribution in [2.75, 3.05) is 20.3 Å². The van der Waals surface area contributed by atoms with Crippen molar-refractivity contribution in [3.05, 3.63) is 53.1 Å². The summed E-state index contributed by atoms with van der Waals surface area (Å²) in [5.41, 5.74) is 3.31. The van der Waals surface area contributed by atoms with E-state index < -0.39 is 10.3 Å². The number of hydrogen-bond acceptors (Lipinski definition) is 6. The maximum absolute atomic E-state index is 11.2. The number of benzene rings is 2. The number of ether oxygens (including phenoxy) is 2. The Balaban J connectivity index is 1.77. The van der Waals surface area contributed by atoms with E-state index in [1.165, 1.54) is 12.7 Å². The maximum atomic E-state index is 11.2. The monoisotopic (exact) mass is 392 g/mol. The first kappa shape index (κ1) is 19.5. The molecule has 2 aromatic rings. The number of nitrogens with two attached hydrogens (primary N) is 1. The summed E-state index contributed by atoms with van der Waals surface area (Å²) in [6, 6.07) is 11.6. The molecule has 0 saturated heterocycles. The highest BCUT2D eigenvalue weighted by atomic mass is 32.2. The summed E-state index contributed by atoms with van der Waals surface area (Å²) in [6.07, 6.45) is 0.783. The van der Waals surface area contributed by atoms with Crippen LogP contribution in [0.1, 0.15) is 23.6 Å². The van der Waals surface area contributed by atoms with Gasteiger partial charge in [0.1, 0.15) is 5.75 Å². The molecular weight excluding hydrogens is 368 g/mol. The normalized spacial score (nSPS) is 14.5. The predicted octanol–water partition coefficient (Wildman–Crippen LogP) is 2.23. The zero-order valence-corrected chi connectivity index (χ0v) is 16.3. The lowest BCUT2D eigenvalue weighted by Gasteiger charge is -2.29. The van der Waals surface area contributed by atoms with Crippen molar-refractivity contribution in [1.82, 2.24) is 4.90 Å². The lowest BCUT2D eigenvalue weighted by Crippen LogP contribution is -2.30. The van der Waals surface area contributed by atoms with Gasteiger partial charge in [-0.05, 0) is 54.3 Å². The molecule has 7 nitrogen and oxygen atoms in total. The summed E-state index contributed by atoms with van der Waals surface area (Å²) in [6.45, 7) is 5.00. The molecule has 1 heterocycles. The van der Waals surface area contributed by atoms with E-state index in [9.17, 15) is 8.42 Å². The van der Waals surface area contributed by atoms with Gasteiger partial charge in [0.2, 0.25) is 0 Å². The van der Waals surface area contributed by atoms with E-state index in [1.54, 1.807) is 6.07 Å². The Morgan fingerprint density at radius 2 is 1.93 bits per heavy atom. The van der Waals surface area contributed by atoms with Crippen molar-refractivity contribution in [1.29, 1.82) is 0 Å². The van der Waals surface area contributed by atoms with Crippen molar-refractivity contribution in [2.24, 2.45) is 5.14 Å². The average Bonchev–Trinajstić information content (AvgIpc) is 2.60. The topological polar surface area (TPSA) is 91.1 Å². The highest BCUT2D eigenvalue weighted by Gasteiger charge is 2.21. The molecule has 0 saturated carbocycles. The third-order valence-corrected chi connectivity index (χ3v) is 4.81. The second-order valence-corrected chi connectivity index (χ2v) is 7.54. The van der Waals surface area contributed by atoms with Gasteiger partial charge in [0.05, 0.1) is 13.7 Å². The van der Waals surface area contributed by atoms with Gasteiger partial charge in [0.25, 0.3) is 0 Å². The molecule has 0 bridgehead atoms. The number of nitrogens with zero attached hydrogens (tertiary/aromatic N) is 1. The van der Waals surface area contributed by atoms with Crippen LogP contribution in [0.5, 0.6) is 17.2 Å². The number of rotatable bonds is 7. The number of fused-ring (bicyclic) bond motifs is 1. The molecule has 0 aromatic heterocycles. The molecule has 2 N–H and O–H groups in total. The van der Waals surface area contributed by atoms with Gasteiger partial charge in [-0.15, -0.1) is 0 Å². The van der Waals surface area contributed by atoms with E-state index in [1.807, 2.05) is 25.1 Å². The van der Waals surface area contributed by atoms with Crippen LogP contribution >= 0.6 is 0 Å². The molecule has 0 unspecified atom stereocenters. The van der Waals surface area contributed by atoms with Crippen molar-refractivity contribution in [3.63, 3.8) is 0 Å². The molecule has 0 spiro atoms. The summed E-state index contributed by atoms with van der Waals surface area (Å²) in [5, 5.41) is 4.98. The summed E-state index contributed by atoms with van der Waals surface area (Å²) >= 11 is 0. The number of methoxy groups -OCH3 is 1. The molecule has 3 rings (SSSR count). The highest BCUT2D eigenvalue weighted by molar-refractivity contribution is 7.84. The summed E-state index contributed by atoms with van der Waals surface area (Å²) < 4.78 is 38.2. The smallest absolute Gasteiger partial charge is 0.380 e. The van der Waals surface area contributed by atoms with Gasteiger partial charge in [-0.2, -0.15) is 13.6 Å². The molecule has 1 aliphatic rings. The fraction of sp³-hybridized carbons (Fsp3) is 0.368. The molecule has 0 radical (unpaired) electrons. The van der Waals surface area contributed by atoms with Crippen molar-refractivity contribution < 1.29 is 22.1 Å². The van der Waals surface area contributed by atoms with Gasteiger partial charge < -0.3 is 13.7 Å². The molecule has 146 valence electrons. The molecule has 0 amide bonds. The van der Waals surface area contributed by atoms with Gasteiger partial charge in [0, 0.05) is 19.6 Å². The first-order valence-electron chi connectivity index (χ1n) is 8.74. The third kappa shape index (κ3) is 5.12. The Hall–Kier alpha value is -2.29. The first-order chi connectivity index (χ1) is 12.9. The van der Waals surface area contributed by atoms with Crippen LogP contribution in [0, 0.1) is 0 Å². The Morgan fingerprint density at radius 1 is 1.15 bits per heavy atom. The van der Waals surface area contributed by atoms with E-state index in [2.05, 4.69) is 17.0 Å². The van der Waals surface area contributed by atoms with Crippen molar-refractivity contribution in [3.8, 4) is 17.2 Å². The van der Waals surface area contributed by atoms with E-state index in [4.69, 9.17) is 18.8 Å². The van der Waals surface area contributed by atoms with Gasteiger partial charge in [-0.25, -0.2) is 0 Å². The maximum Gasteiger partial charge on any atom is 0.380 e. The van der Waals surface area contributed by atoms with Crippen molar-refractivity contribution in [2.45, 2.75) is 26.4 Å². The fourth-order valence-electron chi connectivity index (χ4n) is 3.27. The van der Waals surface area contributed by atoms with E-state index in [0.29, 0.717) is 12.4 Å². The second-order valence-electron chi connectivity index (χ2n) is 6.39. The number of hydrogen-bond donors (Lipinski definition) is 1. The average molecular weight is 392 g/mol. The van der Waals surface area contributed by atoms with Gasteiger partial charge in [-0.1, -0.05) is 12.1 Å². The van der Waals surface area contributed by atoms with Crippen LogP contribution in [0.3, 0.4) is 0 Å². The SMILES string of the molecule is CCOc1cccc(CN2CCc3cc(OS(N)(=O)=O)c(OC)cc3C2)c1. The summed E-state index contributed by atoms with van der Waals surface area (Å²) in [7, 11) is -2.63. The minimum Gasteiger partial charge on any atom is -0.494 e. The minimum absolute atomic E-state index is 0.122. The molecule has 0 fully saturated rings. The largest absolute Gasteiger partial charge is 0.494 e. The lowest BCUT2D eigenvalue weighted by atomic mass is 9.98. The van der Waals surface area contributed by atoms with Crippen LogP contribution in [-0.2, 0) is 29.8 Å². The van der Waals surface area contributed by atoms with Crippen LogP contribution < -0.4 is 18.8 Å². The standard InChI is InChI=1S/C19H24N2O5S/c1-3-25-17-6-4-5-14(9-17)12-21-8-7-15-10-19(26-27(20,22)23)18(24-2)11-16(15)13-21/h4-6,9-11H,3,7-8,12-13H2,1-2H3,(H2,20,22,23). The zero-order valence-electron chi connectivity index (χ0n) is 15.5. The van der Waals surface area contributed by atoms with E-state index in [0.717, 1.165) is 42.9 Å². The van der Waals surface area contributed by atoms with E-state index >= 15 is 0 Å². The molecule has 8 heteroatoms. The lowest BCUT2D eigenvalue weighted by molar-refractivity contribution is 0.244. The molecule has 1 aliphatic heterocycles. The van der Waals surface area contributed by atoms with Gasteiger partial charge in [-0.3, -0.25) is 4.90 Å². The Labute approximate surface area is 159 Å². The molecule has 0 atom stereocenters. The Kier molecular flexibility index (Phi) is 5.88. The molecule has 0 aliphatic carbocycles. The van der Waals surface area contributed by atoms with Crippen LogP contribution in [-0.4, -0.2) is 33.6 Å². The van der Waals surface area contributed by atoms with Gasteiger partial charge in [0.15, 0.2) is 11.5 Å². The minimum atomic E-state index is -4.10. The summed E-state index contributed by atoms with van der Waals surface area (Å²) in [4.78, 5) is 2.33. The van der Waals surface area contributed by atoms with Crippen LogP contribution in [0.25, 0.3) is 0 Å². The third-order valence-electron chi connectivity index (χ3n) is 4.40. The van der Waals surface area contributed by atoms with E-state index in [-0.39, 0.29) is 5.75 Å². The fourth-order valence-corrected chi connectivity index (χ4v) is 3.65. The highest BCUT2D eigenvalue weighted by Crippen LogP contribution is 2.34. The van der Waals surface area contributed by atoms with Gasteiger partial charge >= 0.3 is 10.3 Å². The van der Waals surface area contributed by atoms with Crippen LogP contribution in [0.15, 0.2) is 36.4 Å². The van der Waals surface area contributed by atoms with Crippen molar-refractivity contribution >= 4 is 10.3 Å². The van der Waals surface area contributed by atoms with Crippen LogP contribution in [0.4, 0.5) is 0 Å². The van der Waals surface area contributed by atoms with Crippen LogP contribution in [0.2, 0.25) is 0 Å². The zero-order chi connectivity index (χ0) is 19.4. The second kappa shape index (κ2) is 8.16. The first-order valence-corrected chi connectivity index (χ1v) is 10.2. The Morgan fingerprint density at radius 3 is 2.63 bits per heavy atom. The molecule has 27 heavy (non-hydrogen) atoms. The Bertz CT molecular complexity index is 914.